The lowest BCUT2D eigenvalue weighted by atomic mass is 9.96. The average molecular weight is 499 g/mol. The van der Waals surface area contributed by atoms with Crippen molar-refractivity contribution in [1.29, 1.82) is 0 Å². The van der Waals surface area contributed by atoms with E-state index in [-0.39, 0.29) is 5.56 Å². The summed E-state index contributed by atoms with van der Waals surface area (Å²) in [5, 5.41) is 2.37. The molecule has 1 aliphatic heterocycles. The highest BCUT2D eigenvalue weighted by atomic mass is 35.5. The zero-order chi connectivity index (χ0) is 23.4. The first-order valence-corrected chi connectivity index (χ1v) is 11.4. The normalized spacial score (nSPS) is 15.2. The Labute approximate surface area is 205 Å². The smallest absolute Gasteiger partial charge is 0.261 e. The van der Waals surface area contributed by atoms with Gasteiger partial charge in [0.1, 0.15) is 11.8 Å². The number of aromatic nitrogens is 2. The molecule has 0 amide bonds. The Hall–Kier alpha value is -2.86. The fraction of sp³-hybridized carbons (Fsp3) is 0.160. The Morgan fingerprint density at radius 2 is 1.67 bits per heavy atom. The monoisotopic (exact) mass is 497 g/mol. The van der Waals surface area contributed by atoms with Gasteiger partial charge in [-0.05, 0) is 48.9 Å². The number of rotatable bonds is 2. The maximum Gasteiger partial charge on any atom is 0.261 e. The van der Waals surface area contributed by atoms with Crippen LogP contribution in [0, 0.1) is 0 Å². The van der Waals surface area contributed by atoms with Crippen LogP contribution in [0.4, 0.5) is 5.69 Å². The number of benzene rings is 2. The molecule has 2 aromatic heterocycles. The van der Waals surface area contributed by atoms with Crippen LogP contribution < -0.4 is 5.56 Å². The number of aryl methyl sites for hydroxylation is 1. The molecule has 166 valence electrons. The summed E-state index contributed by atoms with van der Waals surface area (Å²) in [7, 11) is 1.70. The molecule has 33 heavy (non-hydrogen) atoms. The van der Waals surface area contributed by atoms with Crippen molar-refractivity contribution >= 4 is 57.4 Å². The molecule has 8 heteroatoms. The summed E-state index contributed by atoms with van der Waals surface area (Å²) < 4.78 is 7.25. The maximum atomic E-state index is 13.2. The minimum absolute atomic E-state index is 0.193. The molecule has 1 aliphatic rings. The van der Waals surface area contributed by atoms with Crippen LogP contribution in [0.15, 0.2) is 58.3 Å². The van der Waals surface area contributed by atoms with E-state index in [2.05, 4.69) is 4.99 Å². The van der Waals surface area contributed by atoms with E-state index in [0.29, 0.717) is 49.1 Å². The van der Waals surface area contributed by atoms with Gasteiger partial charge in [0.2, 0.25) is 0 Å². The number of aliphatic imine (C=N–C) groups is 1. The molecule has 2 aromatic carbocycles. The molecule has 4 aromatic rings. The predicted molar refractivity (Wildman–Crippen MR) is 135 cm³/mol. The van der Waals surface area contributed by atoms with Gasteiger partial charge >= 0.3 is 0 Å². The van der Waals surface area contributed by atoms with Crippen LogP contribution in [0.5, 0.6) is 0 Å². The van der Waals surface area contributed by atoms with Gasteiger partial charge in [-0.3, -0.25) is 9.36 Å². The lowest BCUT2D eigenvalue weighted by Crippen LogP contribution is -2.27. The van der Waals surface area contributed by atoms with Gasteiger partial charge in [0.15, 0.2) is 5.90 Å². The van der Waals surface area contributed by atoms with Crippen LogP contribution in [0.1, 0.15) is 25.5 Å². The zero-order valence-electron chi connectivity index (χ0n) is 18.0. The van der Waals surface area contributed by atoms with Crippen molar-refractivity contribution in [2.24, 2.45) is 12.0 Å². The largest absolute Gasteiger partial charge is 0.473 e. The minimum Gasteiger partial charge on any atom is -0.473 e. The van der Waals surface area contributed by atoms with E-state index in [0.717, 1.165) is 16.5 Å². The molecule has 1 unspecified atom stereocenters. The molecule has 0 radical (unpaired) electrons. The van der Waals surface area contributed by atoms with E-state index in [1.165, 1.54) is 4.57 Å². The van der Waals surface area contributed by atoms with Crippen LogP contribution >= 0.6 is 34.8 Å². The molecular formula is C25H18Cl3N3O2. The summed E-state index contributed by atoms with van der Waals surface area (Å²) in [4.78, 5) is 22.7. The quantitative estimate of drug-likeness (QED) is 0.290. The summed E-state index contributed by atoms with van der Waals surface area (Å²) in [5.74, 6) is 0.502. The van der Waals surface area contributed by atoms with Gasteiger partial charge in [0.05, 0.1) is 22.0 Å². The first-order chi connectivity index (χ1) is 15.7. The van der Waals surface area contributed by atoms with E-state index in [9.17, 15) is 4.79 Å². The van der Waals surface area contributed by atoms with E-state index in [1.54, 1.807) is 26.1 Å². The van der Waals surface area contributed by atoms with Gasteiger partial charge in [-0.2, -0.15) is 0 Å². The van der Waals surface area contributed by atoms with Crippen LogP contribution in [-0.2, 0) is 11.8 Å². The van der Waals surface area contributed by atoms with Crippen molar-refractivity contribution in [3.8, 4) is 22.4 Å². The highest BCUT2D eigenvalue weighted by Gasteiger charge is 2.27. The van der Waals surface area contributed by atoms with Gasteiger partial charge in [0.25, 0.3) is 5.56 Å². The van der Waals surface area contributed by atoms with Crippen molar-refractivity contribution in [3.05, 3.63) is 79.5 Å². The Kier molecular flexibility index (Phi) is 5.44. The molecule has 0 aliphatic carbocycles. The summed E-state index contributed by atoms with van der Waals surface area (Å²) in [6.07, 6.45) is -0.412. The summed E-state index contributed by atoms with van der Waals surface area (Å²) in [6, 6.07) is 14.8. The number of pyridine rings is 2. The van der Waals surface area contributed by atoms with Gasteiger partial charge < -0.3 is 4.74 Å². The molecular weight excluding hydrogens is 481 g/mol. The third-order valence-corrected chi connectivity index (χ3v) is 6.53. The fourth-order valence-electron chi connectivity index (χ4n) is 4.18. The fourth-order valence-corrected chi connectivity index (χ4v) is 4.80. The molecule has 1 atom stereocenters. The Morgan fingerprint density at radius 1 is 0.970 bits per heavy atom. The van der Waals surface area contributed by atoms with Gasteiger partial charge in [-0.25, -0.2) is 9.98 Å². The van der Waals surface area contributed by atoms with Crippen LogP contribution in [-0.4, -0.2) is 15.4 Å². The Balaban J connectivity index is 1.93. The summed E-state index contributed by atoms with van der Waals surface area (Å²) in [6.45, 7) is 3.62. The van der Waals surface area contributed by atoms with Crippen molar-refractivity contribution < 1.29 is 4.74 Å². The molecule has 0 spiro atoms. The second-order valence-electron chi connectivity index (χ2n) is 7.90. The standard InChI is InChI=1S/C25H18Cl3N3O2/c1-12-21-23(29-13(2)33-12)19-11-18(14-4-6-15(26)7-5-14)22(30-24(19)31(3)25(21)32)17-9-8-16(27)10-20(17)28/h4-12H,1-3H3. The van der Waals surface area contributed by atoms with Crippen molar-refractivity contribution in [3.63, 3.8) is 0 Å². The second kappa shape index (κ2) is 8.17. The molecule has 5 nitrogen and oxygen atoms in total. The number of fused-ring (bicyclic) bond motifs is 3. The van der Waals surface area contributed by atoms with Crippen molar-refractivity contribution in [1.82, 2.24) is 9.55 Å². The summed E-state index contributed by atoms with van der Waals surface area (Å²) >= 11 is 18.8. The lowest BCUT2D eigenvalue weighted by Gasteiger charge is -2.24. The third-order valence-electron chi connectivity index (χ3n) is 5.73. The number of halogens is 3. The highest BCUT2D eigenvalue weighted by Crippen LogP contribution is 2.42. The lowest BCUT2D eigenvalue weighted by molar-refractivity contribution is 0.204. The van der Waals surface area contributed by atoms with E-state index in [4.69, 9.17) is 44.5 Å². The Morgan fingerprint density at radius 3 is 2.36 bits per heavy atom. The Bertz CT molecular complexity index is 1530. The van der Waals surface area contributed by atoms with E-state index in [1.807, 2.05) is 43.3 Å². The van der Waals surface area contributed by atoms with Crippen molar-refractivity contribution in [2.75, 3.05) is 0 Å². The minimum atomic E-state index is -0.412. The number of hydrogen-bond acceptors (Lipinski definition) is 4. The molecule has 5 rings (SSSR count). The third kappa shape index (κ3) is 3.70. The first kappa shape index (κ1) is 22.0. The number of nitrogens with zero attached hydrogens (tertiary/aromatic N) is 3. The number of ether oxygens (including phenoxy) is 1. The number of hydrogen-bond donors (Lipinski definition) is 0. The molecule has 0 bridgehead atoms. The van der Waals surface area contributed by atoms with Gasteiger partial charge in [-0.15, -0.1) is 0 Å². The first-order valence-electron chi connectivity index (χ1n) is 10.3. The van der Waals surface area contributed by atoms with E-state index >= 15 is 0 Å². The molecule has 0 fully saturated rings. The zero-order valence-corrected chi connectivity index (χ0v) is 20.3. The van der Waals surface area contributed by atoms with Crippen LogP contribution in [0.2, 0.25) is 15.1 Å². The average Bonchev–Trinajstić information content (AvgIpc) is 2.77. The topological polar surface area (TPSA) is 56.5 Å². The van der Waals surface area contributed by atoms with Crippen LogP contribution in [0.3, 0.4) is 0 Å². The second-order valence-corrected chi connectivity index (χ2v) is 9.18. The van der Waals surface area contributed by atoms with Gasteiger partial charge in [-0.1, -0.05) is 46.9 Å². The summed E-state index contributed by atoms with van der Waals surface area (Å²) in [5.41, 5.74) is 4.47. The SMILES string of the molecule is CC1=Nc2c(c(=O)n(C)c3nc(-c4ccc(Cl)cc4Cl)c(-c4ccc(Cl)cc4)cc23)C(C)O1. The molecule has 0 N–H and O–H groups in total. The van der Waals surface area contributed by atoms with Crippen LogP contribution in [0.25, 0.3) is 33.4 Å². The molecule has 0 saturated carbocycles. The highest BCUT2D eigenvalue weighted by molar-refractivity contribution is 6.36. The van der Waals surface area contributed by atoms with Gasteiger partial charge in [0, 0.05) is 40.5 Å². The van der Waals surface area contributed by atoms with E-state index < -0.39 is 6.10 Å². The molecule has 3 heterocycles. The predicted octanol–water partition coefficient (Wildman–Crippen LogP) is 7.37. The molecule has 0 saturated heterocycles. The maximum absolute atomic E-state index is 13.2. The van der Waals surface area contributed by atoms with Crippen molar-refractivity contribution in [2.45, 2.75) is 20.0 Å².